The van der Waals surface area contributed by atoms with Crippen molar-refractivity contribution in [2.24, 2.45) is 0 Å². The number of rotatable bonds is 5. The van der Waals surface area contributed by atoms with Crippen LogP contribution in [-0.4, -0.2) is 16.2 Å². The average Bonchev–Trinajstić information content (AvgIpc) is 2.53. The van der Waals surface area contributed by atoms with Crippen molar-refractivity contribution in [3.05, 3.63) is 17.0 Å². The molecular formula is C10H15ClF2N2. The second-order valence-corrected chi connectivity index (χ2v) is 3.55. The Morgan fingerprint density at radius 1 is 1.33 bits per heavy atom. The van der Waals surface area contributed by atoms with Crippen LogP contribution in [0, 0.1) is 0 Å². The van der Waals surface area contributed by atoms with Crippen molar-refractivity contribution in [1.82, 2.24) is 9.78 Å². The quantitative estimate of drug-likeness (QED) is 0.719. The highest BCUT2D eigenvalue weighted by Gasteiger charge is 2.16. The van der Waals surface area contributed by atoms with Crippen molar-refractivity contribution in [1.29, 1.82) is 0 Å². The summed E-state index contributed by atoms with van der Waals surface area (Å²) in [4.78, 5) is 0. The van der Waals surface area contributed by atoms with Crippen LogP contribution in [0.5, 0.6) is 0 Å². The van der Waals surface area contributed by atoms with Gasteiger partial charge in [0.25, 0.3) is 6.43 Å². The first-order valence-corrected chi connectivity index (χ1v) is 5.58. The molecule has 0 N–H and O–H groups in total. The van der Waals surface area contributed by atoms with Gasteiger partial charge in [-0.2, -0.15) is 5.10 Å². The number of aromatic nitrogens is 2. The molecule has 86 valence electrons. The van der Waals surface area contributed by atoms with E-state index in [1.165, 1.54) is 4.68 Å². The molecule has 0 saturated heterocycles. The lowest BCUT2D eigenvalue weighted by Gasteiger charge is -2.05. The van der Waals surface area contributed by atoms with Crippen molar-refractivity contribution in [2.45, 2.75) is 45.5 Å². The summed E-state index contributed by atoms with van der Waals surface area (Å²) in [5, 5.41) is 4.16. The van der Waals surface area contributed by atoms with Gasteiger partial charge in [0.15, 0.2) is 0 Å². The molecule has 0 spiro atoms. The van der Waals surface area contributed by atoms with Gasteiger partial charge in [-0.15, -0.1) is 11.6 Å². The maximum atomic E-state index is 12.3. The van der Waals surface area contributed by atoms with Crippen LogP contribution in [0.25, 0.3) is 0 Å². The molecule has 15 heavy (non-hydrogen) atoms. The molecule has 0 bridgehead atoms. The Morgan fingerprint density at radius 3 is 2.40 bits per heavy atom. The van der Waals surface area contributed by atoms with E-state index in [0.717, 1.165) is 23.4 Å². The largest absolute Gasteiger partial charge is 0.263 e. The van der Waals surface area contributed by atoms with Crippen LogP contribution in [0.4, 0.5) is 8.78 Å². The van der Waals surface area contributed by atoms with E-state index in [1.54, 1.807) is 0 Å². The maximum Gasteiger partial charge on any atom is 0.257 e. The van der Waals surface area contributed by atoms with E-state index in [1.807, 2.05) is 13.8 Å². The molecule has 0 atom stereocenters. The van der Waals surface area contributed by atoms with Crippen molar-refractivity contribution in [3.63, 3.8) is 0 Å². The van der Waals surface area contributed by atoms with Crippen molar-refractivity contribution in [2.75, 3.05) is 0 Å². The predicted molar refractivity (Wildman–Crippen MR) is 56.5 cm³/mol. The molecule has 0 fully saturated rings. The molecule has 1 rings (SSSR count). The van der Waals surface area contributed by atoms with Crippen LogP contribution >= 0.6 is 11.6 Å². The summed E-state index contributed by atoms with van der Waals surface area (Å²) in [7, 11) is 0. The third kappa shape index (κ3) is 2.68. The minimum Gasteiger partial charge on any atom is -0.263 e. The molecule has 1 aromatic heterocycles. The molecule has 0 aliphatic heterocycles. The Labute approximate surface area is 93.2 Å². The minimum atomic E-state index is -2.37. The monoisotopic (exact) mass is 236 g/mol. The van der Waals surface area contributed by atoms with Crippen LogP contribution in [0.2, 0.25) is 0 Å². The van der Waals surface area contributed by atoms with E-state index in [4.69, 9.17) is 11.6 Å². The van der Waals surface area contributed by atoms with Crippen molar-refractivity contribution < 1.29 is 8.78 Å². The van der Waals surface area contributed by atoms with Gasteiger partial charge in [0, 0.05) is 11.3 Å². The fraction of sp³-hybridized carbons (Fsp3) is 0.700. The molecule has 0 aromatic carbocycles. The third-order valence-electron chi connectivity index (χ3n) is 2.36. The van der Waals surface area contributed by atoms with E-state index in [0.29, 0.717) is 12.3 Å². The fourth-order valence-corrected chi connectivity index (χ4v) is 2.01. The third-order valence-corrected chi connectivity index (χ3v) is 2.63. The molecular weight excluding hydrogens is 222 g/mol. The summed E-state index contributed by atoms with van der Waals surface area (Å²) in [6.45, 7) is 3.53. The average molecular weight is 237 g/mol. The highest BCUT2D eigenvalue weighted by Crippen LogP contribution is 2.19. The molecule has 5 heteroatoms. The van der Waals surface area contributed by atoms with Gasteiger partial charge in [-0.3, -0.25) is 4.68 Å². The normalized spacial score (nSPS) is 11.3. The van der Waals surface area contributed by atoms with E-state index < -0.39 is 6.43 Å². The van der Waals surface area contributed by atoms with E-state index in [2.05, 4.69) is 5.10 Å². The van der Waals surface area contributed by atoms with Crippen LogP contribution in [0.3, 0.4) is 0 Å². The van der Waals surface area contributed by atoms with Gasteiger partial charge in [0.2, 0.25) is 0 Å². The lowest BCUT2D eigenvalue weighted by atomic mass is 10.1. The van der Waals surface area contributed by atoms with Gasteiger partial charge in [-0.1, -0.05) is 13.8 Å². The SMILES string of the molecule is CCc1nn(CC(F)F)c(CC)c1CCl. The molecule has 1 aromatic rings. The standard InChI is InChI=1S/C10H15ClF2N2/c1-3-8-7(5-11)9(4-2)15(14-8)6-10(12)13/h10H,3-6H2,1-2H3. The molecule has 0 amide bonds. The van der Waals surface area contributed by atoms with Crippen LogP contribution < -0.4 is 0 Å². The van der Waals surface area contributed by atoms with Gasteiger partial charge in [-0.25, -0.2) is 8.78 Å². The minimum absolute atomic E-state index is 0.340. The van der Waals surface area contributed by atoms with Crippen molar-refractivity contribution >= 4 is 11.6 Å². The smallest absolute Gasteiger partial charge is 0.257 e. The second kappa shape index (κ2) is 5.45. The van der Waals surface area contributed by atoms with Crippen LogP contribution in [0.1, 0.15) is 30.8 Å². The van der Waals surface area contributed by atoms with Gasteiger partial charge < -0.3 is 0 Å². The van der Waals surface area contributed by atoms with Crippen LogP contribution in [-0.2, 0) is 25.3 Å². The molecule has 0 aliphatic rings. The van der Waals surface area contributed by atoms with E-state index >= 15 is 0 Å². The highest BCUT2D eigenvalue weighted by molar-refractivity contribution is 6.17. The summed E-state index contributed by atoms with van der Waals surface area (Å²) >= 11 is 5.80. The molecule has 0 unspecified atom stereocenters. The number of hydrogen-bond acceptors (Lipinski definition) is 1. The van der Waals surface area contributed by atoms with Crippen LogP contribution in [0.15, 0.2) is 0 Å². The fourth-order valence-electron chi connectivity index (χ4n) is 1.70. The first-order valence-electron chi connectivity index (χ1n) is 5.05. The van der Waals surface area contributed by atoms with Crippen molar-refractivity contribution in [3.8, 4) is 0 Å². The summed E-state index contributed by atoms with van der Waals surface area (Å²) in [6.07, 6.45) is -0.962. The maximum absolute atomic E-state index is 12.3. The number of nitrogens with zero attached hydrogens (tertiary/aromatic N) is 2. The number of aryl methyl sites for hydroxylation is 1. The first-order chi connectivity index (χ1) is 7.13. The number of alkyl halides is 3. The Hall–Kier alpha value is -0.640. The molecule has 0 radical (unpaired) electrons. The predicted octanol–water partition coefficient (Wildman–Crippen LogP) is 3.01. The zero-order valence-electron chi connectivity index (χ0n) is 8.93. The summed E-state index contributed by atoms with van der Waals surface area (Å²) in [6, 6.07) is 0. The van der Waals surface area contributed by atoms with E-state index in [9.17, 15) is 8.78 Å². The molecule has 2 nitrogen and oxygen atoms in total. The topological polar surface area (TPSA) is 17.8 Å². The van der Waals surface area contributed by atoms with Gasteiger partial charge in [-0.05, 0) is 12.8 Å². The van der Waals surface area contributed by atoms with E-state index in [-0.39, 0.29) is 6.54 Å². The Balaban J connectivity index is 3.09. The first kappa shape index (κ1) is 12.4. The molecule has 0 aliphatic carbocycles. The summed E-state index contributed by atoms with van der Waals surface area (Å²) < 4.78 is 26.0. The molecule has 1 heterocycles. The zero-order chi connectivity index (χ0) is 11.4. The summed E-state index contributed by atoms with van der Waals surface area (Å²) in [5.41, 5.74) is 2.59. The second-order valence-electron chi connectivity index (χ2n) is 3.29. The highest BCUT2D eigenvalue weighted by atomic mass is 35.5. The van der Waals surface area contributed by atoms with Gasteiger partial charge in [0.1, 0.15) is 6.54 Å². The molecule has 0 saturated carbocycles. The Kier molecular flexibility index (Phi) is 4.51. The Bertz CT molecular complexity index is 323. The Morgan fingerprint density at radius 2 is 2.00 bits per heavy atom. The lowest BCUT2D eigenvalue weighted by molar-refractivity contribution is 0.120. The number of hydrogen-bond donors (Lipinski definition) is 0. The lowest BCUT2D eigenvalue weighted by Crippen LogP contribution is -2.11. The van der Waals surface area contributed by atoms with Gasteiger partial charge in [0.05, 0.1) is 11.6 Å². The van der Waals surface area contributed by atoms with Gasteiger partial charge >= 0.3 is 0 Å². The zero-order valence-corrected chi connectivity index (χ0v) is 9.69. The number of halogens is 3. The summed E-state index contributed by atoms with van der Waals surface area (Å²) in [5.74, 6) is 0.343.